The highest BCUT2D eigenvalue weighted by Crippen LogP contribution is 2.42. The molecule has 1 saturated heterocycles. The second kappa shape index (κ2) is 20.0. The van der Waals surface area contributed by atoms with E-state index in [1.165, 1.54) is 36.5 Å². The number of hydrogen-bond donors (Lipinski definition) is 5. The zero-order chi connectivity index (χ0) is 47.8. The van der Waals surface area contributed by atoms with Gasteiger partial charge in [0.25, 0.3) is 11.8 Å². The summed E-state index contributed by atoms with van der Waals surface area (Å²) >= 11 is 0. The predicted molar refractivity (Wildman–Crippen MR) is 241 cm³/mol. The lowest BCUT2D eigenvalue weighted by Gasteiger charge is -2.19. The van der Waals surface area contributed by atoms with Crippen LogP contribution in [0.3, 0.4) is 0 Å². The molecular weight excluding hydrogens is 871 g/mol. The number of aromatic hydroxyl groups is 1. The summed E-state index contributed by atoms with van der Waals surface area (Å²) in [6.45, 7) is 0.877. The van der Waals surface area contributed by atoms with E-state index in [2.05, 4.69) is 20.9 Å². The first-order valence-electron chi connectivity index (χ1n) is 20.6. The Kier molecular flexibility index (Phi) is 13.8. The van der Waals surface area contributed by atoms with Gasteiger partial charge in [0, 0.05) is 46.6 Å². The van der Waals surface area contributed by atoms with E-state index in [-0.39, 0.29) is 47.9 Å². The largest absolute Gasteiger partial charge is 0.508 e. The Labute approximate surface area is 379 Å². The number of carboxylic acids is 1. The first kappa shape index (κ1) is 46.3. The highest BCUT2D eigenvalue weighted by atomic mass is 19.3. The number of nitrogens with one attached hydrogen (secondary N) is 3. The zero-order valence-corrected chi connectivity index (χ0v) is 35.5. The van der Waals surface area contributed by atoms with E-state index < -0.39 is 49.3 Å². The summed E-state index contributed by atoms with van der Waals surface area (Å²) in [5.41, 5.74) is 5.45. The van der Waals surface area contributed by atoms with E-state index in [0.29, 0.717) is 56.5 Å². The van der Waals surface area contributed by atoms with Crippen LogP contribution in [0.1, 0.15) is 32.7 Å². The predicted octanol–water partition coefficient (Wildman–Crippen LogP) is 5.91. The van der Waals surface area contributed by atoms with Gasteiger partial charge in [-0.3, -0.25) is 29.0 Å². The third-order valence-electron chi connectivity index (χ3n) is 10.7. The number of ether oxygens (including phenoxy) is 1. The summed E-state index contributed by atoms with van der Waals surface area (Å²) in [4.78, 5) is 75.8. The third kappa shape index (κ3) is 10.8. The minimum atomic E-state index is -3.14. The maximum Gasteiger partial charge on any atom is 0.336 e. The number of halogens is 2. The first-order valence-corrected chi connectivity index (χ1v) is 20.6. The first-order chi connectivity index (χ1) is 32.1. The number of hydrogen-bond acceptors (Lipinski definition) is 11. The van der Waals surface area contributed by atoms with Crippen LogP contribution in [0.5, 0.6) is 11.5 Å². The van der Waals surface area contributed by atoms with Crippen molar-refractivity contribution in [1.82, 2.24) is 25.8 Å². The number of aryl methyl sites for hydroxylation is 1. The number of likely N-dealkylation sites (tertiary alicyclic amines) is 1. The molecule has 5 aromatic rings. The molecule has 3 heterocycles. The van der Waals surface area contributed by atoms with Crippen molar-refractivity contribution in [3.63, 3.8) is 0 Å². The fourth-order valence-electron chi connectivity index (χ4n) is 7.57. The molecule has 67 heavy (non-hydrogen) atoms. The van der Waals surface area contributed by atoms with Gasteiger partial charge in [0.1, 0.15) is 35.5 Å². The van der Waals surface area contributed by atoms with Crippen molar-refractivity contribution in [3.05, 3.63) is 136 Å². The number of fused-ring (bicyclic) bond motifs is 3. The van der Waals surface area contributed by atoms with Crippen LogP contribution in [0.25, 0.3) is 55.4 Å². The second-order valence-electron chi connectivity index (χ2n) is 15.4. The molecule has 2 aliphatic heterocycles. The molecule has 0 saturated carbocycles. The zero-order valence-electron chi connectivity index (χ0n) is 35.5. The second-order valence-corrected chi connectivity index (χ2v) is 15.4. The maximum absolute atomic E-state index is 13.7. The number of amides is 4. The molecule has 8 rings (SSSR count). The number of rotatable bonds is 13. The van der Waals surface area contributed by atoms with Gasteiger partial charge in [0.05, 0.1) is 48.9 Å². The van der Waals surface area contributed by atoms with Crippen molar-refractivity contribution < 1.29 is 52.1 Å². The lowest BCUT2D eigenvalue weighted by atomic mass is 9.90. The molecule has 1 unspecified atom stereocenters. The van der Waals surface area contributed by atoms with Crippen LogP contribution in [0, 0.1) is 18.3 Å². The normalized spacial score (nSPS) is 13.8. The Morgan fingerprint density at radius 2 is 1.69 bits per heavy atom. The number of phenolic OH excluding ortho intramolecular Hbond substituents is 1. The average Bonchev–Trinajstić information content (AvgIpc) is 3.64. The monoisotopic (exact) mass is 910 g/mol. The van der Waals surface area contributed by atoms with E-state index in [0.717, 1.165) is 21.6 Å². The van der Waals surface area contributed by atoms with Crippen molar-refractivity contribution in [2.45, 2.75) is 25.3 Å². The van der Waals surface area contributed by atoms with Crippen molar-refractivity contribution >= 4 is 52.0 Å². The fourth-order valence-corrected chi connectivity index (χ4v) is 7.57. The number of pyridine rings is 1. The smallest absolute Gasteiger partial charge is 0.336 e. The van der Waals surface area contributed by atoms with Crippen molar-refractivity contribution in [2.24, 2.45) is 0 Å². The van der Waals surface area contributed by atoms with Crippen LogP contribution in [0.15, 0.2) is 119 Å². The van der Waals surface area contributed by atoms with E-state index in [1.54, 1.807) is 60.7 Å². The summed E-state index contributed by atoms with van der Waals surface area (Å²) in [6.07, 6.45) is 1.17. The number of phenols is 1. The molecule has 3 aliphatic rings. The number of carboxylic acid groups (broad SMARTS) is 1. The summed E-state index contributed by atoms with van der Waals surface area (Å²) in [5.74, 6) is -4.92. The molecule has 4 amide bonds. The number of nitriles is 1. The van der Waals surface area contributed by atoms with Crippen LogP contribution in [-0.2, 0) is 14.4 Å². The summed E-state index contributed by atoms with van der Waals surface area (Å²) in [5, 5.41) is 37.1. The van der Waals surface area contributed by atoms with Crippen molar-refractivity contribution in [2.75, 3.05) is 32.8 Å². The molecule has 0 bridgehead atoms. The van der Waals surface area contributed by atoms with Crippen LogP contribution in [-0.4, -0.2) is 94.9 Å². The van der Waals surface area contributed by atoms with E-state index in [9.17, 15) is 47.8 Å². The summed E-state index contributed by atoms with van der Waals surface area (Å²) < 4.78 is 38.8. The minimum absolute atomic E-state index is 0.0209. The number of aromatic carboxylic acids is 1. The Morgan fingerprint density at radius 1 is 0.910 bits per heavy atom. The standard InChI is InChI=1S/C28H26F2N6O5.C21H14O5/c29-28(30)12-20(13-31)36(16-28)26(39)15-35-27(40)22-7-8-33-24-6-3-19(11-23(22)24)18-1-4-21(5-2-18)41-10-9-34-25(38)14-32-17-37;1-11-2-5-14(21(24)25)17(8-11)20-15-6-3-12(22)9-18(15)26-19-10-13(23)4-7-16(19)20/h1-8,11,17,20H,9-10,12,14-16H2,(H,32,37)(H,34,38)(H,35,40);2-10,22H,1H3,(H,24,25). The molecule has 5 N–H and O–H groups in total. The van der Waals surface area contributed by atoms with E-state index >= 15 is 0 Å². The average molecular weight is 911 g/mol. The van der Waals surface area contributed by atoms with Crippen LogP contribution >= 0.6 is 0 Å². The highest BCUT2D eigenvalue weighted by Gasteiger charge is 2.47. The molecule has 0 radical (unpaired) electrons. The lowest BCUT2D eigenvalue weighted by Crippen LogP contribution is -2.43. The molecule has 1 aliphatic carbocycles. The van der Waals surface area contributed by atoms with E-state index in [4.69, 9.17) is 14.4 Å². The molecule has 4 aromatic carbocycles. The third-order valence-corrected chi connectivity index (χ3v) is 10.7. The minimum Gasteiger partial charge on any atom is -0.508 e. The van der Waals surface area contributed by atoms with Gasteiger partial charge in [-0.15, -0.1) is 0 Å². The molecule has 1 fully saturated rings. The number of alkyl halides is 2. The topological polar surface area (TPSA) is 241 Å². The van der Waals surface area contributed by atoms with Crippen LogP contribution < -0.4 is 26.1 Å². The number of nitrogens with zero attached hydrogens (tertiary/aromatic N) is 3. The van der Waals surface area contributed by atoms with Gasteiger partial charge in [-0.1, -0.05) is 35.9 Å². The molecule has 16 nitrogen and oxygen atoms in total. The highest BCUT2D eigenvalue weighted by molar-refractivity contribution is 6.09. The quantitative estimate of drug-likeness (QED) is 0.0516. The Hall–Kier alpha value is -8.72. The molecule has 0 spiro atoms. The lowest BCUT2D eigenvalue weighted by molar-refractivity contribution is -0.131. The summed E-state index contributed by atoms with van der Waals surface area (Å²) in [6, 6.07) is 28.7. The van der Waals surface area contributed by atoms with E-state index in [1.807, 2.05) is 25.1 Å². The Balaban J connectivity index is 0.000000219. The van der Waals surface area contributed by atoms with Crippen molar-refractivity contribution in [1.29, 1.82) is 5.26 Å². The molecule has 1 aromatic heterocycles. The molecular formula is C49H40F2N6O10. The number of carbonyl (C=O) groups excluding carboxylic acids is 4. The van der Waals surface area contributed by atoms with Crippen LogP contribution in [0.2, 0.25) is 0 Å². The number of benzene rings is 5. The van der Waals surface area contributed by atoms with Gasteiger partial charge >= 0.3 is 5.97 Å². The molecule has 340 valence electrons. The Morgan fingerprint density at radius 3 is 2.43 bits per heavy atom. The molecule has 1 atom stereocenters. The summed E-state index contributed by atoms with van der Waals surface area (Å²) in [7, 11) is 0. The van der Waals surface area contributed by atoms with Gasteiger partial charge in [-0.05, 0) is 84.3 Å². The SMILES string of the molecule is Cc1ccc(C(=O)O)c(-c2c3ccc(=O)cc-3oc3cc(O)ccc23)c1.N#CC1CC(F)(F)CN1C(=O)CNC(=O)c1ccnc2ccc(-c3ccc(OCCNC(=O)CNC=O)cc3)cc12. The number of carbonyl (C=O) groups is 5. The van der Waals surface area contributed by atoms with Gasteiger partial charge in [0.15, 0.2) is 5.43 Å². The Bertz CT molecular complexity index is 3120. The van der Waals surface area contributed by atoms with Gasteiger partial charge < -0.3 is 40.2 Å². The van der Waals surface area contributed by atoms with Crippen LogP contribution in [0.4, 0.5) is 8.78 Å². The maximum atomic E-state index is 13.7. The molecule has 18 heteroatoms. The number of aromatic nitrogens is 1. The van der Waals surface area contributed by atoms with Crippen molar-refractivity contribution in [3.8, 4) is 51.1 Å². The van der Waals surface area contributed by atoms with Gasteiger partial charge in [-0.25, -0.2) is 13.6 Å². The van der Waals surface area contributed by atoms with Gasteiger partial charge in [-0.2, -0.15) is 5.26 Å². The van der Waals surface area contributed by atoms with Gasteiger partial charge in [0.2, 0.25) is 18.2 Å². The fraction of sp³-hybridized carbons (Fsp3) is 0.184.